The summed E-state index contributed by atoms with van der Waals surface area (Å²) in [4.78, 5) is 2.15. The number of anilines is 1. The summed E-state index contributed by atoms with van der Waals surface area (Å²) in [6, 6.07) is 12.1. The molecule has 0 unspecified atom stereocenters. The summed E-state index contributed by atoms with van der Waals surface area (Å²) in [6.07, 6.45) is 0.918. The average molecular weight is 399 g/mol. The quantitative estimate of drug-likeness (QED) is 0.608. The van der Waals surface area contributed by atoms with E-state index in [0.717, 1.165) is 37.0 Å². The predicted octanol–water partition coefficient (Wildman–Crippen LogP) is 4.19. The fourth-order valence-electron chi connectivity index (χ4n) is 1.95. The monoisotopic (exact) mass is 399 g/mol. The van der Waals surface area contributed by atoms with Crippen LogP contribution >= 0.6 is 34.4 Å². The van der Waals surface area contributed by atoms with Crippen molar-refractivity contribution in [3.05, 3.63) is 40.0 Å². The van der Waals surface area contributed by atoms with Crippen LogP contribution in [0.15, 0.2) is 46.2 Å². The van der Waals surface area contributed by atoms with Gasteiger partial charge in [-0.05, 0) is 59.0 Å². The zero-order valence-corrected chi connectivity index (χ0v) is 13.7. The number of nitrogen functional groups attached to an aromatic ring is 1. The molecule has 0 aliphatic carbocycles. The molecule has 2 aromatic carbocycles. The van der Waals surface area contributed by atoms with E-state index in [0.29, 0.717) is 13.2 Å². The lowest BCUT2D eigenvalue weighted by atomic mass is 10.3. The van der Waals surface area contributed by atoms with E-state index in [1.54, 1.807) is 11.8 Å². The Morgan fingerprint density at radius 1 is 1.00 bits per heavy atom. The summed E-state index contributed by atoms with van der Waals surface area (Å²) in [5, 5.41) is 0. The molecular formula is C15H14INO2S. The van der Waals surface area contributed by atoms with Crippen LogP contribution in [0.25, 0.3) is 0 Å². The van der Waals surface area contributed by atoms with Crippen LogP contribution in [0.4, 0.5) is 5.69 Å². The minimum Gasteiger partial charge on any atom is -0.490 e. The molecule has 0 saturated heterocycles. The summed E-state index contributed by atoms with van der Waals surface area (Å²) in [7, 11) is 0. The van der Waals surface area contributed by atoms with E-state index in [9.17, 15) is 0 Å². The van der Waals surface area contributed by atoms with E-state index in [1.807, 2.05) is 30.3 Å². The molecule has 1 aliphatic rings. The maximum atomic E-state index is 6.05. The van der Waals surface area contributed by atoms with Crippen molar-refractivity contribution < 1.29 is 9.47 Å². The summed E-state index contributed by atoms with van der Waals surface area (Å²) in [5.74, 6) is 1.64. The van der Waals surface area contributed by atoms with Crippen LogP contribution < -0.4 is 15.2 Å². The minimum absolute atomic E-state index is 0.701. The summed E-state index contributed by atoms with van der Waals surface area (Å²) in [5.41, 5.74) is 6.85. The van der Waals surface area contributed by atoms with Crippen LogP contribution in [0, 0.1) is 3.57 Å². The number of ether oxygens (including phenoxy) is 2. The lowest BCUT2D eigenvalue weighted by molar-refractivity contribution is 0.297. The predicted molar refractivity (Wildman–Crippen MR) is 89.7 cm³/mol. The maximum absolute atomic E-state index is 6.05. The number of benzene rings is 2. The standard InChI is InChI=1S/C15H14INO2S/c16-10-2-5-15(12(17)8-10)20-11-3-4-13-14(9-11)19-7-1-6-18-13/h2-5,8-9H,1,6-7,17H2. The number of halogens is 1. The molecule has 104 valence electrons. The van der Waals surface area contributed by atoms with Gasteiger partial charge in [0.15, 0.2) is 11.5 Å². The molecular weight excluding hydrogens is 385 g/mol. The maximum Gasteiger partial charge on any atom is 0.162 e. The molecule has 3 nitrogen and oxygen atoms in total. The molecule has 5 heteroatoms. The molecule has 0 bridgehead atoms. The summed E-state index contributed by atoms with van der Waals surface area (Å²) < 4.78 is 12.5. The lowest BCUT2D eigenvalue weighted by Crippen LogP contribution is -1.97. The Morgan fingerprint density at radius 3 is 2.60 bits per heavy atom. The van der Waals surface area contributed by atoms with Gasteiger partial charge >= 0.3 is 0 Å². The molecule has 0 saturated carbocycles. The first-order valence-electron chi connectivity index (χ1n) is 6.35. The normalized spacial score (nSPS) is 13.8. The van der Waals surface area contributed by atoms with Crippen molar-refractivity contribution in [1.82, 2.24) is 0 Å². The van der Waals surface area contributed by atoms with E-state index in [-0.39, 0.29) is 0 Å². The second-order valence-corrected chi connectivity index (χ2v) is 6.80. The highest BCUT2D eigenvalue weighted by atomic mass is 127. The molecule has 0 radical (unpaired) electrons. The van der Waals surface area contributed by atoms with Gasteiger partial charge in [-0.1, -0.05) is 11.8 Å². The molecule has 1 heterocycles. The average Bonchev–Trinajstić information content (AvgIpc) is 2.66. The Bertz CT molecular complexity index is 633. The van der Waals surface area contributed by atoms with Crippen LogP contribution in [0.1, 0.15) is 6.42 Å². The third-order valence-corrected chi connectivity index (χ3v) is 4.67. The van der Waals surface area contributed by atoms with Gasteiger partial charge in [-0.3, -0.25) is 0 Å². The van der Waals surface area contributed by atoms with Gasteiger partial charge in [0.05, 0.1) is 13.2 Å². The van der Waals surface area contributed by atoms with E-state index in [4.69, 9.17) is 15.2 Å². The number of fused-ring (bicyclic) bond motifs is 1. The van der Waals surface area contributed by atoms with E-state index in [2.05, 4.69) is 28.7 Å². The highest BCUT2D eigenvalue weighted by Crippen LogP contribution is 2.38. The SMILES string of the molecule is Nc1cc(I)ccc1Sc1ccc2c(c1)OCCCO2. The smallest absolute Gasteiger partial charge is 0.162 e. The van der Waals surface area contributed by atoms with Gasteiger partial charge in [0.1, 0.15) is 0 Å². The van der Waals surface area contributed by atoms with Gasteiger partial charge in [0, 0.05) is 25.5 Å². The van der Waals surface area contributed by atoms with Gasteiger partial charge in [-0.15, -0.1) is 0 Å². The van der Waals surface area contributed by atoms with Crippen LogP contribution in [0.5, 0.6) is 11.5 Å². The van der Waals surface area contributed by atoms with E-state index in [1.165, 1.54) is 0 Å². The molecule has 2 N–H and O–H groups in total. The summed E-state index contributed by atoms with van der Waals surface area (Å²) in [6.45, 7) is 1.41. The number of rotatable bonds is 2. The number of hydrogen-bond donors (Lipinski definition) is 1. The topological polar surface area (TPSA) is 44.5 Å². The highest BCUT2D eigenvalue weighted by molar-refractivity contribution is 14.1. The largest absolute Gasteiger partial charge is 0.490 e. The summed E-state index contributed by atoms with van der Waals surface area (Å²) >= 11 is 3.90. The highest BCUT2D eigenvalue weighted by Gasteiger charge is 2.11. The zero-order chi connectivity index (χ0) is 13.9. The van der Waals surface area contributed by atoms with Gasteiger partial charge in [0.25, 0.3) is 0 Å². The lowest BCUT2D eigenvalue weighted by Gasteiger charge is -2.10. The van der Waals surface area contributed by atoms with Gasteiger partial charge in [0.2, 0.25) is 0 Å². The molecule has 0 fully saturated rings. The molecule has 0 amide bonds. The first-order chi connectivity index (χ1) is 9.72. The van der Waals surface area contributed by atoms with Crippen molar-refractivity contribution in [2.45, 2.75) is 16.2 Å². The number of hydrogen-bond acceptors (Lipinski definition) is 4. The molecule has 20 heavy (non-hydrogen) atoms. The first-order valence-corrected chi connectivity index (χ1v) is 8.24. The van der Waals surface area contributed by atoms with Crippen LogP contribution in [0.2, 0.25) is 0 Å². The molecule has 0 aromatic heterocycles. The Morgan fingerprint density at radius 2 is 1.80 bits per heavy atom. The Labute approximate surface area is 136 Å². The van der Waals surface area contributed by atoms with Crippen molar-refractivity contribution >= 4 is 40.0 Å². The zero-order valence-electron chi connectivity index (χ0n) is 10.8. The van der Waals surface area contributed by atoms with Crippen molar-refractivity contribution in [3.63, 3.8) is 0 Å². The van der Waals surface area contributed by atoms with Gasteiger partial charge in [-0.25, -0.2) is 0 Å². The van der Waals surface area contributed by atoms with Crippen LogP contribution in [0.3, 0.4) is 0 Å². The fourth-order valence-corrected chi connectivity index (χ4v) is 3.33. The van der Waals surface area contributed by atoms with E-state index < -0.39 is 0 Å². The second-order valence-electron chi connectivity index (χ2n) is 4.44. The second kappa shape index (κ2) is 6.13. The molecule has 0 spiro atoms. The Hall–Kier alpha value is -1.08. The molecule has 0 atom stereocenters. The fraction of sp³-hybridized carbons (Fsp3) is 0.200. The van der Waals surface area contributed by atoms with Crippen LogP contribution in [-0.4, -0.2) is 13.2 Å². The Balaban J connectivity index is 1.86. The minimum atomic E-state index is 0.701. The molecule has 1 aliphatic heterocycles. The van der Waals surface area contributed by atoms with Crippen molar-refractivity contribution in [2.24, 2.45) is 0 Å². The van der Waals surface area contributed by atoms with Gasteiger partial charge < -0.3 is 15.2 Å². The first kappa shape index (κ1) is 13.9. The Kier molecular flexibility index (Phi) is 4.26. The van der Waals surface area contributed by atoms with Crippen LogP contribution in [-0.2, 0) is 0 Å². The third kappa shape index (κ3) is 3.15. The number of nitrogens with two attached hydrogens (primary N) is 1. The molecule has 2 aromatic rings. The van der Waals surface area contributed by atoms with Crippen molar-refractivity contribution in [2.75, 3.05) is 18.9 Å². The van der Waals surface area contributed by atoms with Gasteiger partial charge in [-0.2, -0.15) is 0 Å². The van der Waals surface area contributed by atoms with Crippen molar-refractivity contribution in [3.8, 4) is 11.5 Å². The molecule has 3 rings (SSSR count). The van der Waals surface area contributed by atoms with E-state index >= 15 is 0 Å². The van der Waals surface area contributed by atoms with Crippen molar-refractivity contribution in [1.29, 1.82) is 0 Å². The third-order valence-electron chi connectivity index (χ3n) is 2.92.